The molecule has 1 amide bonds. The van der Waals surface area contributed by atoms with Gasteiger partial charge in [0.1, 0.15) is 5.75 Å². The summed E-state index contributed by atoms with van der Waals surface area (Å²) in [6.07, 6.45) is 1.83. The molecule has 0 atom stereocenters. The molecule has 1 N–H and O–H groups in total. The maximum atomic E-state index is 12.3. The minimum absolute atomic E-state index is 0.150. The molecule has 1 heterocycles. The number of aryl methyl sites for hydroxylation is 2. The van der Waals surface area contributed by atoms with Crippen molar-refractivity contribution in [2.24, 2.45) is 0 Å². The van der Waals surface area contributed by atoms with Crippen LogP contribution in [0.1, 0.15) is 16.0 Å². The molecule has 3 aromatic rings. The van der Waals surface area contributed by atoms with E-state index in [-0.39, 0.29) is 5.75 Å². The van der Waals surface area contributed by atoms with Crippen molar-refractivity contribution < 1.29 is 13.2 Å². The Kier molecular flexibility index (Phi) is 4.80. The van der Waals surface area contributed by atoms with Crippen molar-refractivity contribution in [1.29, 1.82) is 0 Å². The van der Waals surface area contributed by atoms with Crippen molar-refractivity contribution in [1.82, 2.24) is 4.98 Å². The van der Waals surface area contributed by atoms with Crippen molar-refractivity contribution in [2.75, 3.05) is 11.1 Å². The molecule has 0 saturated carbocycles. The predicted molar refractivity (Wildman–Crippen MR) is 108 cm³/mol. The number of nitrogens with zero attached hydrogens (tertiary/aromatic N) is 1. The van der Waals surface area contributed by atoms with Crippen LogP contribution in [-0.4, -0.2) is 25.1 Å². The first-order valence-electron chi connectivity index (χ1n) is 8.62. The average Bonchev–Trinajstić information content (AvgIpc) is 3.04. The number of sulfone groups is 1. The van der Waals surface area contributed by atoms with Crippen molar-refractivity contribution in [2.45, 2.75) is 18.6 Å². The molecule has 0 saturated heterocycles. The molecule has 27 heavy (non-hydrogen) atoms. The van der Waals surface area contributed by atoms with Crippen LogP contribution in [0.15, 0.2) is 54.6 Å². The van der Waals surface area contributed by atoms with E-state index in [0.29, 0.717) is 10.7 Å². The zero-order chi connectivity index (χ0) is 18.9. The van der Waals surface area contributed by atoms with Crippen LogP contribution in [0.5, 0.6) is 0 Å². The molecule has 0 unspecified atom stereocenters. The second kappa shape index (κ2) is 7.25. The van der Waals surface area contributed by atoms with Crippen molar-refractivity contribution >= 4 is 32.2 Å². The number of hydrogen-bond donors (Lipinski definition) is 1. The Hall–Kier alpha value is -2.51. The van der Waals surface area contributed by atoms with Gasteiger partial charge >= 0.3 is 0 Å². The molecular weight excluding hydrogens is 380 g/mol. The van der Waals surface area contributed by atoms with Gasteiger partial charge in [-0.2, -0.15) is 0 Å². The Balaban J connectivity index is 1.46. The highest BCUT2D eigenvalue weighted by Crippen LogP contribution is 2.37. The first kappa shape index (κ1) is 17.9. The summed E-state index contributed by atoms with van der Waals surface area (Å²) in [7, 11) is -3.54. The molecule has 0 fully saturated rings. The maximum Gasteiger partial charge on any atom is 0.241 e. The molecule has 0 bridgehead atoms. The number of rotatable bonds is 5. The number of thiazole rings is 1. The van der Waals surface area contributed by atoms with Crippen LogP contribution in [0.2, 0.25) is 0 Å². The van der Waals surface area contributed by atoms with E-state index >= 15 is 0 Å². The first-order chi connectivity index (χ1) is 13.0. The minimum Gasteiger partial charge on any atom is -0.301 e. The Morgan fingerprint density at radius 2 is 1.78 bits per heavy atom. The summed E-state index contributed by atoms with van der Waals surface area (Å²) in [5, 5.41) is 3.12. The largest absolute Gasteiger partial charge is 0.301 e. The summed E-state index contributed by atoms with van der Waals surface area (Å²) >= 11 is 1.42. The van der Waals surface area contributed by atoms with Gasteiger partial charge in [-0.3, -0.25) is 4.79 Å². The van der Waals surface area contributed by atoms with Crippen molar-refractivity contribution in [3.8, 4) is 11.3 Å². The lowest BCUT2D eigenvalue weighted by molar-refractivity contribution is -0.113. The Morgan fingerprint density at radius 3 is 2.59 bits per heavy atom. The number of hydrogen-bond acceptors (Lipinski definition) is 5. The number of aromatic nitrogens is 1. The summed E-state index contributed by atoms with van der Waals surface area (Å²) < 4.78 is 24.6. The monoisotopic (exact) mass is 398 g/mol. The summed E-state index contributed by atoms with van der Waals surface area (Å²) in [6.45, 7) is 0. The highest BCUT2D eigenvalue weighted by atomic mass is 32.2. The van der Waals surface area contributed by atoms with Crippen molar-refractivity contribution in [3.63, 3.8) is 0 Å². The van der Waals surface area contributed by atoms with E-state index in [1.54, 1.807) is 24.3 Å². The number of carbonyl (C=O) groups is 1. The number of amides is 1. The van der Waals surface area contributed by atoms with Gasteiger partial charge in [-0.15, -0.1) is 11.3 Å². The number of benzene rings is 2. The van der Waals surface area contributed by atoms with Gasteiger partial charge in [-0.1, -0.05) is 54.6 Å². The Labute approximate surface area is 162 Å². The average molecular weight is 399 g/mol. The lowest BCUT2D eigenvalue weighted by Gasteiger charge is -2.13. The molecule has 0 radical (unpaired) electrons. The lowest BCUT2D eigenvalue weighted by atomic mass is 9.94. The van der Waals surface area contributed by atoms with E-state index in [2.05, 4.69) is 16.4 Å². The molecule has 138 valence electrons. The molecule has 1 aliphatic rings. The third-order valence-electron chi connectivity index (χ3n) is 4.42. The molecule has 1 aromatic heterocycles. The van der Waals surface area contributed by atoms with Gasteiger partial charge in [-0.25, -0.2) is 13.4 Å². The number of fused-ring (bicyclic) bond motifs is 3. The quantitative estimate of drug-likeness (QED) is 0.714. The zero-order valence-corrected chi connectivity index (χ0v) is 16.1. The van der Waals surface area contributed by atoms with Crippen molar-refractivity contribution in [3.05, 3.63) is 70.6 Å². The number of carbonyl (C=O) groups excluding carboxylic acids is 1. The molecule has 4 rings (SSSR count). The molecule has 1 aliphatic carbocycles. The number of nitrogens with one attached hydrogen (secondary N) is 1. The fraction of sp³-hybridized carbons (Fsp3) is 0.200. The summed E-state index contributed by atoms with van der Waals surface area (Å²) in [6, 6.07) is 17.0. The normalized spacial score (nSPS) is 12.9. The van der Waals surface area contributed by atoms with Crippen LogP contribution in [-0.2, 0) is 33.2 Å². The standard InChI is InChI=1S/C20H18N2O3S2/c23-18(13-27(24,25)12-14-6-2-1-3-7-14)21-20-22-19-16-9-5-4-8-15(16)10-11-17(19)26-20/h1-9H,10-13H2,(H,21,22,23). The molecule has 0 spiro atoms. The summed E-state index contributed by atoms with van der Waals surface area (Å²) in [5.74, 6) is -1.25. The third kappa shape index (κ3) is 4.09. The van der Waals surface area contributed by atoms with Gasteiger partial charge in [-0.05, 0) is 24.0 Å². The minimum atomic E-state index is -3.54. The molecule has 7 heteroatoms. The topological polar surface area (TPSA) is 76.1 Å². The van der Waals surface area contributed by atoms with Gasteiger partial charge in [0.25, 0.3) is 0 Å². The fourth-order valence-electron chi connectivity index (χ4n) is 3.24. The number of anilines is 1. The molecular formula is C20H18N2O3S2. The Bertz CT molecular complexity index is 1090. The van der Waals surface area contributed by atoms with Gasteiger partial charge < -0.3 is 5.32 Å². The van der Waals surface area contributed by atoms with Crippen LogP contribution in [0.3, 0.4) is 0 Å². The second-order valence-corrected chi connectivity index (χ2v) is 9.66. The summed E-state index contributed by atoms with van der Waals surface area (Å²) in [4.78, 5) is 17.9. The first-order valence-corrected chi connectivity index (χ1v) is 11.3. The van der Waals surface area contributed by atoms with E-state index < -0.39 is 21.5 Å². The zero-order valence-electron chi connectivity index (χ0n) is 14.5. The highest BCUT2D eigenvalue weighted by molar-refractivity contribution is 7.91. The predicted octanol–water partition coefficient (Wildman–Crippen LogP) is 3.46. The summed E-state index contributed by atoms with van der Waals surface area (Å²) in [5.41, 5.74) is 3.90. The van der Waals surface area contributed by atoms with E-state index in [1.807, 2.05) is 24.3 Å². The SMILES string of the molecule is O=C(CS(=O)(=O)Cc1ccccc1)Nc1nc2c(s1)CCc1ccccc1-2. The van der Waals surface area contributed by atoms with E-state index in [0.717, 1.165) is 29.0 Å². The van der Waals surface area contributed by atoms with Gasteiger partial charge in [0.15, 0.2) is 15.0 Å². The highest BCUT2D eigenvalue weighted by Gasteiger charge is 2.23. The van der Waals surface area contributed by atoms with E-state index in [9.17, 15) is 13.2 Å². The van der Waals surface area contributed by atoms with Crippen LogP contribution in [0.4, 0.5) is 5.13 Å². The van der Waals surface area contributed by atoms with E-state index in [4.69, 9.17) is 0 Å². The van der Waals surface area contributed by atoms with Crippen LogP contribution >= 0.6 is 11.3 Å². The van der Waals surface area contributed by atoms with Gasteiger partial charge in [0.05, 0.1) is 11.4 Å². The smallest absolute Gasteiger partial charge is 0.241 e. The Morgan fingerprint density at radius 1 is 1.04 bits per heavy atom. The molecule has 5 nitrogen and oxygen atoms in total. The van der Waals surface area contributed by atoms with Crippen LogP contribution in [0, 0.1) is 0 Å². The lowest BCUT2D eigenvalue weighted by Crippen LogP contribution is -2.23. The second-order valence-electron chi connectivity index (χ2n) is 6.51. The fourth-order valence-corrected chi connectivity index (χ4v) is 5.50. The van der Waals surface area contributed by atoms with Crippen LogP contribution in [0.25, 0.3) is 11.3 Å². The molecule has 0 aliphatic heterocycles. The van der Waals surface area contributed by atoms with Crippen LogP contribution < -0.4 is 5.32 Å². The maximum absolute atomic E-state index is 12.3. The van der Waals surface area contributed by atoms with E-state index in [1.165, 1.54) is 16.9 Å². The van der Waals surface area contributed by atoms with Gasteiger partial charge in [0.2, 0.25) is 5.91 Å². The third-order valence-corrected chi connectivity index (χ3v) is 6.92. The van der Waals surface area contributed by atoms with Gasteiger partial charge in [0, 0.05) is 10.4 Å². The molecule has 2 aromatic carbocycles.